The predicted molar refractivity (Wildman–Crippen MR) is 88.4 cm³/mol. The highest BCUT2D eigenvalue weighted by molar-refractivity contribution is 6.34. The van der Waals surface area contributed by atoms with Crippen molar-refractivity contribution in [3.05, 3.63) is 65.7 Å². The number of allylic oxidation sites excluding steroid dienone is 1. The number of benzene rings is 2. The molecule has 0 aromatic heterocycles. The smallest absolute Gasteiger partial charge is 0.176 e. The molecule has 0 spiro atoms. The van der Waals surface area contributed by atoms with Crippen LogP contribution in [-0.4, -0.2) is 11.2 Å². The van der Waals surface area contributed by atoms with Gasteiger partial charge in [-0.25, -0.2) is 0 Å². The number of hydrogen-bond acceptors (Lipinski definition) is 1. The Hall–Kier alpha value is -1.86. The first-order valence-electron chi connectivity index (χ1n) is 7.28. The summed E-state index contributed by atoms with van der Waals surface area (Å²) in [5.41, 5.74) is 4.26. The summed E-state index contributed by atoms with van der Waals surface area (Å²) in [6, 6.07) is 18.5. The summed E-state index contributed by atoms with van der Waals surface area (Å²) in [5.74, 6) is 0.0908. The summed E-state index contributed by atoms with van der Waals surface area (Å²) in [4.78, 5) is 12.1. The van der Waals surface area contributed by atoms with Crippen molar-refractivity contribution in [2.24, 2.45) is 0 Å². The molecule has 1 aliphatic carbocycles. The topological polar surface area (TPSA) is 17.1 Å². The van der Waals surface area contributed by atoms with Crippen molar-refractivity contribution in [1.29, 1.82) is 0 Å². The lowest BCUT2D eigenvalue weighted by Crippen LogP contribution is -2.21. The summed E-state index contributed by atoms with van der Waals surface area (Å²) in [7, 11) is 0. The first-order chi connectivity index (χ1) is 10.2. The molecule has 1 unspecified atom stereocenters. The van der Waals surface area contributed by atoms with E-state index < -0.39 is 0 Å². The molecule has 0 radical (unpaired) electrons. The first kappa shape index (κ1) is 14.1. The Morgan fingerprint density at radius 1 is 1.00 bits per heavy atom. The summed E-state index contributed by atoms with van der Waals surface area (Å²) in [6.07, 6.45) is 4.60. The summed E-state index contributed by atoms with van der Waals surface area (Å²) >= 11 is 6.06. The standard InChI is InChI=1S/C19H17ClO/c20-18-11-5-10-17(19(18)21)13-14-6-4-9-16(12-14)15-7-2-1-3-8-15/h1-4,6-9,12-13,18H,5,10-11H2. The van der Waals surface area contributed by atoms with Gasteiger partial charge < -0.3 is 0 Å². The molecule has 1 atom stereocenters. The van der Waals surface area contributed by atoms with Gasteiger partial charge in [0.1, 0.15) is 0 Å². The predicted octanol–water partition coefficient (Wildman–Crippen LogP) is 5.10. The maximum absolute atomic E-state index is 12.1. The van der Waals surface area contributed by atoms with E-state index in [-0.39, 0.29) is 11.2 Å². The molecule has 1 aliphatic rings. The van der Waals surface area contributed by atoms with Gasteiger partial charge in [-0.05, 0) is 53.7 Å². The van der Waals surface area contributed by atoms with Crippen molar-refractivity contribution >= 4 is 23.5 Å². The van der Waals surface area contributed by atoms with Gasteiger partial charge in [0.2, 0.25) is 0 Å². The van der Waals surface area contributed by atoms with E-state index in [0.29, 0.717) is 0 Å². The van der Waals surface area contributed by atoms with Crippen LogP contribution in [0.5, 0.6) is 0 Å². The third kappa shape index (κ3) is 3.25. The molecule has 2 heteroatoms. The molecular weight excluding hydrogens is 280 g/mol. The van der Waals surface area contributed by atoms with E-state index in [1.54, 1.807) is 0 Å². The monoisotopic (exact) mass is 296 g/mol. The lowest BCUT2D eigenvalue weighted by Gasteiger charge is -2.17. The lowest BCUT2D eigenvalue weighted by molar-refractivity contribution is -0.116. The largest absolute Gasteiger partial charge is 0.293 e. The maximum Gasteiger partial charge on any atom is 0.176 e. The van der Waals surface area contributed by atoms with Gasteiger partial charge in [-0.2, -0.15) is 0 Å². The molecule has 2 aromatic carbocycles. The van der Waals surface area contributed by atoms with Gasteiger partial charge in [-0.1, -0.05) is 48.5 Å². The highest BCUT2D eigenvalue weighted by Gasteiger charge is 2.24. The molecule has 106 valence electrons. The minimum absolute atomic E-state index is 0.0908. The summed E-state index contributed by atoms with van der Waals surface area (Å²) < 4.78 is 0. The quantitative estimate of drug-likeness (QED) is 0.557. The van der Waals surface area contributed by atoms with Gasteiger partial charge in [0, 0.05) is 0 Å². The van der Waals surface area contributed by atoms with Crippen molar-refractivity contribution in [2.45, 2.75) is 24.6 Å². The SMILES string of the molecule is O=C1C(=Cc2cccc(-c3ccccc3)c2)CCCC1Cl. The van der Waals surface area contributed by atoms with Crippen LogP contribution in [0.15, 0.2) is 60.2 Å². The minimum Gasteiger partial charge on any atom is -0.293 e. The molecule has 0 bridgehead atoms. The Morgan fingerprint density at radius 2 is 1.76 bits per heavy atom. The number of halogens is 1. The van der Waals surface area contributed by atoms with Crippen LogP contribution in [0, 0.1) is 0 Å². The second-order valence-corrected chi connectivity index (χ2v) is 5.91. The molecule has 0 heterocycles. The van der Waals surface area contributed by atoms with Gasteiger partial charge in [0.15, 0.2) is 5.78 Å². The van der Waals surface area contributed by atoms with Crippen molar-refractivity contribution in [3.63, 3.8) is 0 Å². The number of alkyl halides is 1. The van der Waals surface area contributed by atoms with Gasteiger partial charge in [-0.15, -0.1) is 11.6 Å². The van der Waals surface area contributed by atoms with Crippen molar-refractivity contribution in [3.8, 4) is 11.1 Å². The van der Waals surface area contributed by atoms with Gasteiger partial charge in [-0.3, -0.25) is 4.79 Å². The summed E-state index contributed by atoms with van der Waals surface area (Å²) in [6.45, 7) is 0. The molecule has 1 saturated carbocycles. The number of Topliss-reactive ketones (excluding diaryl/α,β-unsaturated/α-hetero) is 1. The average molecular weight is 297 g/mol. The Balaban J connectivity index is 1.92. The van der Waals surface area contributed by atoms with E-state index in [1.165, 1.54) is 5.56 Å². The zero-order valence-corrected chi connectivity index (χ0v) is 12.5. The Bertz CT molecular complexity index is 673. The van der Waals surface area contributed by atoms with E-state index >= 15 is 0 Å². The fraction of sp³-hybridized carbons (Fsp3) is 0.211. The number of rotatable bonds is 2. The van der Waals surface area contributed by atoms with Crippen molar-refractivity contribution in [1.82, 2.24) is 0 Å². The van der Waals surface area contributed by atoms with Gasteiger partial charge >= 0.3 is 0 Å². The van der Waals surface area contributed by atoms with Crippen LogP contribution in [0.25, 0.3) is 17.2 Å². The zero-order chi connectivity index (χ0) is 14.7. The molecule has 3 rings (SSSR count). The van der Waals surface area contributed by atoms with Crippen molar-refractivity contribution in [2.75, 3.05) is 0 Å². The summed E-state index contributed by atoms with van der Waals surface area (Å²) in [5, 5.41) is -0.345. The lowest BCUT2D eigenvalue weighted by atomic mass is 9.91. The molecule has 0 amide bonds. The fourth-order valence-corrected chi connectivity index (χ4v) is 3.00. The first-order valence-corrected chi connectivity index (χ1v) is 7.72. The molecular formula is C19H17ClO. The van der Waals surface area contributed by atoms with Gasteiger partial charge in [0.05, 0.1) is 5.38 Å². The van der Waals surface area contributed by atoms with Crippen LogP contribution >= 0.6 is 11.6 Å². The molecule has 0 aliphatic heterocycles. The Kier molecular flexibility index (Phi) is 4.21. The fourth-order valence-electron chi connectivity index (χ4n) is 2.71. The number of carbonyl (C=O) groups is 1. The van der Waals surface area contributed by atoms with E-state index in [9.17, 15) is 4.79 Å². The molecule has 1 nitrogen and oxygen atoms in total. The minimum atomic E-state index is -0.345. The molecule has 21 heavy (non-hydrogen) atoms. The van der Waals surface area contributed by atoms with E-state index in [2.05, 4.69) is 24.3 Å². The normalized spacial score (nSPS) is 20.7. The zero-order valence-electron chi connectivity index (χ0n) is 11.8. The Labute approximate surface area is 130 Å². The van der Waals surface area contributed by atoms with Crippen molar-refractivity contribution < 1.29 is 4.79 Å². The van der Waals surface area contributed by atoms with E-state index in [1.807, 2.05) is 36.4 Å². The molecule has 0 N–H and O–H groups in total. The Morgan fingerprint density at radius 3 is 2.57 bits per heavy atom. The highest BCUT2D eigenvalue weighted by atomic mass is 35.5. The van der Waals surface area contributed by atoms with Crippen LogP contribution in [0.1, 0.15) is 24.8 Å². The van der Waals surface area contributed by atoms with Crippen LogP contribution in [0.3, 0.4) is 0 Å². The van der Waals surface area contributed by atoms with Crippen LogP contribution in [-0.2, 0) is 4.79 Å². The molecule has 1 fully saturated rings. The number of ketones is 1. The third-order valence-electron chi connectivity index (χ3n) is 3.84. The van der Waals surface area contributed by atoms with E-state index in [0.717, 1.165) is 36.0 Å². The van der Waals surface area contributed by atoms with E-state index in [4.69, 9.17) is 11.6 Å². The highest BCUT2D eigenvalue weighted by Crippen LogP contribution is 2.27. The second kappa shape index (κ2) is 6.28. The van der Waals surface area contributed by atoms with Crippen LogP contribution in [0.4, 0.5) is 0 Å². The molecule has 2 aromatic rings. The van der Waals surface area contributed by atoms with Crippen LogP contribution < -0.4 is 0 Å². The van der Waals surface area contributed by atoms with Crippen LogP contribution in [0.2, 0.25) is 0 Å². The number of carbonyl (C=O) groups excluding carboxylic acids is 1. The molecule has 0 saturated heterocycles. The maximum atomic E-state index is 12.1. The third-order valence-corrected chi connectivity index (χ3v) is 4.26. The number of hydrogen-bond donors (Lipinski definition) is 0. The van der Waals surface area contributed by atoms with Gasteiger partial charge in [0.25, 0.3) is 0 Å². The second-order valence-electron chi connectivity index (χ2n) is 5.39. The average Bonchev–Trinajstić information content (AvgIpc) is 2.53.